The number of rotatable bonds is 7. The zero-order chi connectivity index (χ0) is 16.1. The summed E-state index contributed by atoms with van der Waals surface area (Å²) in [6, 6.07) is 12.7. The standard InChI is InChI=1S/C18H23N3OS/c1-20(22)13-6-2-3-7-14-21-15-9-4-5-10-16(15)23-17-11-8-12-19-18(17)21/h4-5,8-12,22H,2-3,6-7,13-14H2,1H3. The van der Waals surface area contributed by atoms with Gasteiger partial charge in [0, 0.05) is 31.2 Å². The molecule has 23 heavy (non-hydrogen) atoms. The van der Waals surface area contributed by atoms with Crippen molar-refractivity contribution in [3.8, 4) is 0 Å². The van der Waals surface area contributed by atoms with E-state index in [-0.39, 0.29) is 0 Å². The third-order valence-electron chi connectivity index (χ3n) is 4.00. The number of hydrogen-bond acceptors (Lipinski definition) is 5. The number of hydrogen-bond donors (Lipinski definition) is 1. The van der Waals surface area contributed by atoms with Crippen LogP contribution in [0.15, 0.2) is 52.4 Å². The Morgan fingerprint density at radius 2 is 1.83 bits per heavy atom. The molecule has 2 heterocycles. The lowest BCUT2D eigenvalue weighted by atomic mass is 10.1. The van der Waals surface area contributed by atoms with E-state index in [0.717, 1.165) is 38.2 Å². The van der Waals surface area contributed by atoms with Crippen molar-refractivity contribution in [2.75, 3.05) is 25.0 Å². The van der Waals surface area contributed by atoms with Crippen molar-refractivity contribution in [3.05, 3.63) is 42.6 Å². The molecule has 1 N–H and O–H groups in total. The van der Waals surface area contributed by atoms with Crippen molar-refractivity contribution >= 4 is 23.3 Å². The van der Waals surface area contributed by atoms with Gasteiger partial charge in [0.05, 0.1) is 10.6 Å². The molecule has 1 aromatic heterocycles. The van der Waals surface area contributed by atoms with E-state index in [1.165, 1.54) is 27.0 Å². The molecule has 0 aliphatic carbocycles. The zero-order valence-electron chi connectivity index (χ0n) is 13.5. The summed E-state index contributed by atoms with van der Waals surface area (Å²) < 4.78 is 0. The van der Waals surface area contributed by atoms with Crippen LogP contribution in [0.3, 0.4) is 0 Å². The fraction of sp³-hybridized carbons (Fsp3) is 0.389. The molecule has 0 atom stereocenters. The Kier molecular flexibility index (Phi) is 5.54. The number of pyridine rings is 1. The molecule has 0 fully saturated rings. The molecule has 0 unspecified atom stereocenters. The van der Waals surface area contributed by atoms with Gasteiger partial charge in [-0.3, -0.25) is 0 Å². The van der Waals surface area contributed by atoms with Crippen LogP contribution in [0.4, 0.5) is 11.5 Å². The van der Waals surface area contributed by atoms with E-state index in [9.17, 15) is 0 Å². The normalized spacial score (nSPS) is 13.1. The second-order valence-corrected chi connectivity index (χ2v) is 6.93. The first-order valence-electron chi connectivity index (χ1n) is 8.15. The van der Waals surface area contributed by atoms with Crippen molar-refractivity contribution in [1.82, 2.24) is 10.0 Å². The molecule has 3 rings (SSSR count). The SMILES string of the molecule is CN(O)CCCCCCN1c2ccccc2Sc2cccnc21. The number of fused-ring (bicyclic) bond motifs is 2. The van der Waals surface area contributed by atoms with Gasteiger partial charge >= 0.3 is 0 Å². The fourth-order valence-electron chi connectivity index (χ4n) is 2.85. The third-order valence-corrected chi connectivity index (χ3v) is 5.10. The predicted molar refractivity (Wildman–Crippen MR) is 94.7 cm³/mol. The van der Waals surface area contributed by atoms with Crippen LogP contribution in [-0.2, 0) is 0 Å². The topological polar surface area (TPSA) is 39.6 Å². The van der Waals surface area contributed by atoms with Crippen LogP contribution in [0.1, 0.15) is 25.7 Å². The van der Waals surface area contributed by atoms with Crippen LogP contribution in [0.2, 0.25) is 0 Å². The molecule has 1 aliphatic heterocycles. The highest BCUT2D eigenvalue weighted by Gasteiger charge is 2.23. The summed E-state index contributed by atoms with van der Waals surface area (Å²) in [6.07, 6.45) is 6.35. The number of benzene rings is 1. The number of para-hydroxylation sites is 1. The van der Waals surface area contributed by atoms with Gasteiger partial charge in [-0.2, -0.15) is 5.06 Å². The van der Waals surface area contributed by atoms with Gasteiger partial charge in [0.1, 0.15) is 5.82 Å². The largest absolute Gasteiger partial charge is 0.324 e. The van der Waals surface area contributed by atoms with Crippen LogP contribution in [0.5, 0.6) is 0 Å². The second kappa shape index (κ2) is 7.81. The van der Waals surface area contributed by atoms with Crippen molar-refractivity contribution in [2.24, 2.45) is 0 Å². The molecule has 0 bridgehead atoms. The highest BCUT2D eigenvalue weighted by molar-refractivity contribution is 7.99. The first kappa shape index (κ1) is 16.3. The Labute approximate surface area is 142 Å². The minimum atomic E-state index is 0.744. The molecule has 0 radical (unpaired) electrons. The summed E-state index contributed by atoms with van der Waals surface area (Å²) in [5, 5.41) is 10.4. The molecule has 122 valence electrons. The minimum absolute atomic E-state index is 0.744. The lowest BCUT2D eigenvalue weighted by Gasteiger charge is -2.31. The maximum atomic E-state index is 9.15. The summed E-state index contributed by atoms with van der Waals surface area (Å²) in [5.74, 6) is 1.08. The van der Waals surface area contributed by atoms with Crippen LogP contribution in [-0.4, -0.2) is 35.4 Å². The fourth-order valence-corrected chi connectivity index (χ4v) is 3.92. The zero-order valence-corrected chi connectivity index (χ0v) is 14.3. The average Bonchev–Trinajstić information content (AvgIpc) is 2.56. The summed E-state index contributed by atoms with van der Waals surface area (Å²) >= 11 is 1.80. The summed E-state index contributed by atoms with van der Waals surface area (Å²) in [5.41, 5.74) is 1.26. The van der Waals surface area contributed by atoms with Crippen LogP contribution >= 0.6 is 11.8 Å². The predicted octanol–water partition coefficient (Wildman–Crippen LogP) is 4.57. The monoisotopic (exact) mass is 329 g/mol. The summed E-state index contributed by atoms with van der Waals surface area (Å²) in [6.45, 7) is 1.73. The van der Waals surface area contributed by atoms with E-state index in [4.69, 9.17) is 5.21 Å². The highest BCUT2D eigenvalue weighted by Crippen LogP contribution is 2.46. The lowest BCUT2D eigenvalue weighted by molar-refractivity contribution is -0.0655. The Morgan fingerprint density at radius 3 is 2.70 bits per heavy atom. The summed E-state index contributed by atoms with van der Waals surface area (Å²) in [7, 11) is 1.70. The molecule has 0 saturated heterocycles. The number of anilines is 2. The molecule has 0 amide bonds. The van der Waals surface area contributed by atoms with Gasteiger partial charge in [0.25, 0.3) is 0 Å². The molecule has 1 aromatic carbocycles. The van der Waals surface area contributed by atoms with E-state index >= 15 is 0 Å². The Bertz CT molecular complexity index is 602. The maximum Gasteiger partial charge on any atom is 0.147 e. The molecule has 4 nitrogen and oxygen atoms in total. The molecule has 0 saturated carbocycles. The van der Waals surface area contributed by atoms with Gasteiger partial charge in [-0.15, -0.1) is 0 Å². The van der Waals surface area contributed by atoms with Gasteiger partial charge in [0.15, 0.2) is 0 Å². The maximum absolute atomic E-state index is 9.15. The molecule has 1 aliphatic rings. The van der Waals surface area contributed by atoms with Crippen LogP contribution < -0.4 is 4.90 Å². The van der Waals surface area contributed by atoms with Crippen molar-refractivity contribution < 1.29 is 5.21 Å². The molecule has 5 heteroatoms. The van der Waals surface area contributed by atoms with E-state index < -0.39 is 0 Å². The van der Waals surface area contributed by atoms with E-state index in [1.807, 2.05) is 12.3 Å². The molecule has 2 aromatic rings. The smallest absolute Gasteiger partial charge is 0.147 e. The van der Waals surface area contributed by atoms with E-state index in [2.05, 4.69) is 40.2 Å². The molecule has 0 spiro atoms. The molecular formula is C18H23N3OS. The minimum Gasteiger partial charge on any atom is -0.324 e. The number of nitrogens with zero attached hydrogens (tertiary/aromatic N) is 3. The number of hydroxylamine groups is 2. The molecular weight excluding hydrogens is 306 g/mol. The Hall–Kier alpha value is -1.56. The van der Waals surface area contributed by atoms with Gasteiger partial charge < -0.3 is 10.1 Å². The van der Waals surface area contributed by atoms with Crippen molar-refractivity contribution in [2.45, 2.75) is 35.5 Å². The van der Waals surface area contributed by atoms with Gasteiger partial charge in [-0.1, -0.05) is 36.7 Å². The summed E-state index contributed by atoms with van der Waals surface area (Å²) in [4.78, 5) is 9.48. The second-order valence-electron chi connectivity index (χ2n) is 5.84. The van der Waals surface area contributed by atoms with Gasteiger partial charge in [-0.25, -0.2) is 4.98 Å². The highest BCUT2D eigenvalue weighted by atomic mass is 32.2. The van der Waals surface area contributed by atoms with Gasteiger partial charge in [0.2, 0.25) is 0 Å². The third kappa shape index (κ3) is 4.05. The quantitative estimate of drug-likeness (QED) is 0.595. The Balaban J connectivity index is 1.64. The van der Waals surface area contributed by atoms with Gasteiger partial charge in [-0.05, 0) is 37.1 Å². The van der Waals surface area contributed by atoms with E-state index in [1.54, 1.807) is 18.8 Å². The Morgan fingerprint density at radius 1 is 1.04 bits per heavy atom. The first-order chi connectivity index (χ1) is 11.3. The lowest BCUT2D eigenvalue weighted by Crippen LogP contribution is -2.23. The average molecular weight is 329 g/mol. The van der Waals surface area contributed by atoms with E-state index in [0.29, 0.717) is 0 Å². The first-order valence-corrected chi connectivity index (χ1v) is 8.97. The number of aromatic nitrogens is 1. The van der Waals surface area contributed by atoms with Crippen molar-refractivity contribution in [3.63, 3.8) is 0 Å². The number of unbranched alkanes of at least 4 members (excludes halogenated alkanes) is 3. The van der Waals surface area contributed by atoms with Crippen LogP contribution in [0, 0.1) is 0 Å². The van der Waals surface area contributed by atoms with Crippen molar-refractivity contribution in [1.29, 1.82) is 0 Å². The van der Waals surface area contributed by atoms with Crippen LogP contribution in [0.25, 0.3) is 0 Å².